The zero-order chi connectivity index (χ0) is 19.1. The highest BCUT2D eigenvalue weighted by atomic mass is 16.6. The third kappa shape index (κ3) is 5.90. The van der Waals surface area contributed by atoms with Crippen LogP contribution in [0.1, 0.15) is 24.8 Å². The Morgan fingerprint density at radius 3 is 2.85 bits per heavy atom. The van der Waals surface area contributed by atoms with E-state index < -0.39 is 0 Å². The van der Waals surface area contributed by atoms with Gasteiger partial charge in [-0.3, -0.25) is 15.1 Å². The average Bonchev–Trinajstić information content (AvgIpc) is 3.19. The van der Waals surface area contributed by atoms with E-state index in [0.717, 1.165) is 57.2 Å². The third-order valence-electron chi connectivity index (χ3n) is 5.27. The highest BCUT2D eigenvalue weighted by molar-refractivity contribution is 5.80. The summed E-state index contributed by atoms with van der Waals surface area (Å²) in [6, 6.07) is 7.07. The Bertz CT molecular complexity index is 653. The molecule has 2 fully saturated rings. The summed E-state index contributed by atoms with van der Waals surface area (Å²) in [7, 11) is 1.75. The first-order valence-corrected chi connectivity index (χ1v) is 9.64. The van der Waals surface area contributed by atoms with Crippen LogP contribution in [0, 0.1) is 16.0 Å². The molecule has 2 aliphatic heterocycles. The van der Waals surface area contributed by atoms with Gasteiger partial charge in [0.1, 0.15) is 0 Å². The number of guanidine groups is 1. The second kappa shape index (κ2) is 9.66. The van der Waals surface area contributed by atoms with Gasteiger partial charge in [-0.2, -0.15) is 0 Å². The molecule has 2 aliphatic rings. The number of ether oxygens (including phenoxy) is 1. The Morgan fingerprint density at radius 1 is 1.37 bits per heavy atom. The molecule has 0 amide bonds. The second-order valence-corrected chi connectivity index (χ2v) is 7.30. The van der Waals surface area contributed by atoms with Gasteiger partial charge in [0.05, 0.1) is 11.5 Å². The lowest BCUT2D eigenvalue weighted by Crippen LogP contribution is -2.49. The Balaban J connectivity index is 1.41. The molecular weight excluding hydrogens is 346 g/mol. The summed E-state index contributed by atoms with van der Waals surface area (Å²) in [6.07, 6.45) is 3.36. The van der Waals surface area contributed by atoms with E-state index in [1.807, 2.05) is 6.07 Å². The molecule has 0 spiro atoms. The van der Waals surface area contributed by atoms with E-state index in [4.69, 9.17) is 4.74 Å². The fourth-order valence-electron chi connectivity index (χ4n) is 3.71. The minimum absolute atomic E-state index is 0.109. The number of nitrogens with one attached hydrogen (secondary N) is 2. The van der Waals surface area contributed by atoms with Crippen LogP contribution in [-0.4, -0.2) is 61.7 Å². The van der Waals surface area contributed by atoms with Gasteiger partial charge in [0.15, 0.2) is 5.96 Å². The van der Waals surface area contributed by atoms with Crippen molar-refractivity contribution in [2.75, 3.05) is 39.9 Å². The summed E-state index contributed by atoms with van der Waals surface area (Å²) in [4.78, 5) is 17.3. The predicted molar refractivity (Wildman–Crippen MR) is 105 cm³/mol. The van der Waals surface area contributed by atoms with Crippen LogP contribution in [-0.2, 0) is 11.3 Å². The average molecular weight is 375 g/mol. The maximum absolute atomic E-state index is 10.9. The first-order valence-electron chi connectivity index (χ1n) is 9.64. The van der Waals surface area contributed by atoms with E-state index in [1.165, 1.54) is 12.5 Å². The summed E-state index contributed by atoms with van der Waals surface area (Å²) in [5.41, 5.74) is 0.970. The minimum Gasteiger partial charge on any atom is -0.381 e. The number of piperidine rings is 1. The molecule has 0 aromatic heterocycles. The largest absolute Gasteiger partial charge is 0.381 e. The third-order valence-corrected chi connectivity index (χ3v) is 5.27. The minimum atomic E-state index is -0.373. The highest BCUT2D eigenvalue weighted by Crippen LogP contribution is 2.18. The molecule has 3 rings (SSSR count). The van der Waals surface area contributed by atoms with Gasteiger partial charge in [-0.1, -0.05) is 12.1 Å². The quantitative estimate of drug-likeness (QED) is 0.341. The van der Waals surface area contributed by atoms with E-state index >= 15 is 0 Å². The van der Waals surface area contributed by atoms with Crippen LogP contribution in [0.5, 0.6) is 0 Å². The zero-order valence-electron chi connectivity index (χ0n) is 15.9. The predicted octanol–water partition coefficient (Wildman–Crippen LogP) is 1.76. The van der Waals surface area contributed by atoms with Crippen molar-refractivity contribution in [1.82, 2.24) is 15.5 Å². The Labute approximate surface area is 160 Å². The van der Waals surface area contributed by atoms with Gasteiger partial charge in [-0.15, -0.1) is 0 Å². The van der Waals surface area contributed by atoms with Crippen LogP contribution in [0.3, 0.4) is 0 Å². The van der Waals surface area contributed by atoms with Crippen molar-refractivity contribution in [3.63, 3.8) is 0 Å². The normalized spacial score (nSPS) is 22.0. The lowest BCUT2D eigenvalue weighted by Gasteiger charge is -2.34. The Hall–Kier alpha value is -2.19. The summed E-state index contributed by atoms with van der Waals surface area (Å²) in [5.74, 6) is 1.43. The summed E-state index contributed by atoms with van der Waals surface area (Å²) < 4.78 is 5.47. The molecule has 0 aliphatic carbocycles. The molecule has 27 heavy (non-hydrogen) atoms. The highest BCUT2D eigenvalue weighted by Gasteiger charge is 2.24. The smallest absolute Gasteiger partial charge is 0.269 e. The van der Waals surface area contributed by atoms with Gasteiger partial charge in [0, 0.05) is 58.0 Å². The molecule has 148 valence electrons. The molecule has 2 heterocycles. The van der Waals surface area contributed by atoms with Crippen molar-refractivity contribution in [3.8, 4) is 0 Å². The number of nitrogens with zero attached hydrogens (tertiary/aromatic N) is 3. The van der Waals surface area contributed by atoms with Crippen LogP contribution in [0.2, 0.25) is 0 Å². The lowest BCUT2D eigenvalue weighted by atomic mass is 10.0. The fourth-order valence-corrected chi connectivity index (χ4v) is 3.71. The molecule has 1 atom stereocenters. The van der Waals surface area contributed by atoms with Gasteiger partial charge in [-0.05, 0) is 30.7 Å². The maximum Gasteiger partial charge on any atom is 0.269 e. The van der Waals surface area contributed by atoms with Crippen molar-refractivity contribution in [1.29, 1.82) is 0 Å². The van der Waals surface area contributed by atoms with E-state index in [9.17, 15) is 10.1 Å². The molecule has 1 aromatic rings. The van der Waals surface area contributed by atoms with Crippen molar-refractivity contribution in [2.45, 2.75) is 31.8 Å². The molecular formula is C19H29N5O3. The van der Waals surface area contributed by atoms with Crippen molar-refractivity contribution in [2.24, 2.45) is 10.9 Å². The molecule has 0 radical (unpaired) electrons. The van der Waals surface area contributed by atoms with E-state index in [1.54, 1.807) is 19.2 Å². The standard InChI is InChI=1S/C19H29N5O3/c1-20-19(21-12-15-3-2-4-18(11-15)24(25)26)22-17-5-8-23(9-6-17)13-16-7-10-27-14-16/h2-4,11,16-17H,5-10,12-14H2,1H3,(H2,20,21,22). The Kier molecular flexibility index (Phi) is 7.00. The number of likely N-dealkylation sites (tertiary alicyclic amines) is 1. The first-order chi connectivity index (χ1) is 13.1. The summed E-state index contributed by atoms with van der Waals surface area (Å²) >= 11 is 0. The molecule has 1 aromatic carbocycles. The van der Waals surface area contributed by atoms with Crippen LogP contribution in [0.15, 0.2) is 29.3 Å². The number of aliphatic imine (C=N–C) groups is 1. The molecule has 8 heteroatoms. The maximum atomic E-state index is 10.9. The van der Waals surface area contributed by atoms with Crippen molar-refractivity contribution in [3.05, 3.63) is 39.9 Å². The van der Waals surface area contributed by atoms with Gasteiger partial charge in [-0.25, -0.2) is 0 Å². The fraction of sp³-hybridized carbons (Fsp3) is 0.632. The van der Waals surface area contributed by atoms with E-state index in [0.29, 0.717) is 18.5 Å². The first kappa shape index (κ1) is 19.6. The van der Waals surface area contributed by atoms with Crippen molar-refractivity contribution >= 4 is 11.6 Å². The summed E-state index contributed by atoms with van der Waals surface area (Å²) in [5, 5.41) is 17.6. The number of nitro benzene ring substituents is 1. The monoisotopic (exact) mass is 375 g/mol. The summed E-state index contributed by atoms with van der Waals surface area (Å²) in [6.45, 7) is 5.65. The number of rotatable bonds is 6. The zero-order valence-corrected chi connectivity index (χ0v) is 15.9. The topological polar surface area (TPSA) is 92.0 Å². The van der Waals surface area contributed by atoms with E-state index in [2.05, 4.69) is 20.5 Å². The van der Waals surface area contributed by atoms with Gasteiger partial charge in [0.25, 0.3) is 5.69 Å². The number of hydrogen-bond acceptors (Lipinski definition) is 5. The second-order valence-electron chi connectivity index (χ2n) is 7.30. The SMILES string of the molecule is CN=C(NCc1cccc([N+](=O)[O-])c1)NC1CCN(CC2CCOC2)CC1. The number of nitro groups is 1. The molecule has 2 saturated heterocycles. The molecule has 1 unspecified atom stereocenters. The van der Waals surface area contributed by atoms with Gasteiger partial charge >= 0.3 is 0 Å². The van der Waals surface area contributed by atoms with Crippen LogP contribution in [0.25, 0.3) is 0 Å². The van der Waals surface area contributed by atoms with Crippen LogP contribution < -0.4 is 10.6 Å². The number of hydrogen-bond donors (Lipinski definition) is 2. The van der Waals surface area contributed by atoms with Gasteiger partial charge < -0.3 is 20.3 Å². The number of non-ortho nitro benzene ring substituents is 1. The van der Waals surface area contributed by atoms with E-state index in [-0.39, 0.29) is 10.6 Å². The number of benzene rings is 1. The van der Waals surface area contributed by atoms with Gasteiger partial charge in [0.2, 0.25) is 0 Å². The lowest BCUT2D eigenvalue weighted by molar-refractivity contribution is -0.384. The Morgan fingerprint density at radius 2 is 2.19 bits per heavy atom. The molecule has 0 saturated carbocycles. The molecule has 8 nitrogen and oxygen atoms in total. The molecule has 0 bridgehead atoms. The van der Waals surface area contributed by atoms with Crippen molar-refractivity contribution < 1.29 is 9.66 Å². The molecule has 2 N–H and O–H groups in total. The van der Waals surface area contributed by atoms with Crippen LogP contribution in [0.4, 0.5) is 5.69 Å². The van der Waals surface area contributed by atoms with Crippen LogP contribution >= 0.6 is 0 Å².